The molecule has 0 bridgehead atoms. The fourth-order valence-electron chi connectivity index (χ4n) is 1.97. The predicted molar refractivity (Wildman–Crippen MR) is 65.6 cm³/mol. The van der Waals surface area contributed by atoms with Crippen molar-refractivity contribution in [2.75, 3.05) is 0 Å². The quantitative estimate of drug-likeness (QED) is 0.875. The van der Waals surface area contributed by atoms with E-state index in [9.17, 15) is 5.11 Å². The Labute approximate surface area is 101 Å². The molecule has 2 heterocycles. The van der Waals surface area contributed by atoms with E-state index >= 15 is 0 Å². The molecule has 0 spiro atoms. The van der Waals surface area contributed by atoms with Gasteiger partial charge in [0.1, 0.15) is 11.9 Å². The molecule has 2 aromatic rings. The summed E-state index contributed by atoms with van der Waals surface area (Å²) < 4.78 is 1.95. The van der Waals surface area contributed by atoms with E-state index in [0.29, 0.717) is 5.82 Å². The molecule has 4 heteroatoms. The van der Waals surface area contributed by atoms with Gasteiger partial charge in [-0.15, -0.1) is 0 Å². The number of pyridine rings is 1. The summed E-state index contributed by atoms with van der Waals surface area (Å²) in [5, 5.41) is 10.4. The topological polar surface area (TPSA) is 50.9 Å². The molecular formula is C13H17N3O. The summed E-state index contributed by atoms with van der Waals surface area (Å²) in [6.45, 7) is 4.89. The largest absolute Gasteiger partial charge is 0.380 e. The third-order valence-electron chi connectivity index (χ3n) is 2.95. The first-order valence-electron chi connectivity index (χ1n) is 5.89. The van der Waals surface area contributed by atoms with E-state index < -0.39 is 6.10 Å². The lowest BCUT2D eigenvalue weighted by atomic mass is 10.0. The minimum atomic E-state index is -0.678. The molecule has 0 saturated carbocycles. The molecule has 0 aliphatic rings. The van der Waals surface area contributed by atoms with Gasteiger partial charge in [-0.3, -0.25) is 4.98 Å². The summed E-state index contributed by atoms with van der Waals surface area (Å²) in [7, 11) is 0. The van der Waals surface area contributed by atoms with Gasteiger partial charge in [-0.1, -0.05) is 6.92 Å². The molecule has 0 amide bonds. The Hall–Kier alpha value is -1.68. The molecule has 1 atom stereocenters. The van der Waals surface area contributed by atoms with Crippen LogP contribution in [0.25, 0.3) is 0 Å². The SMILES string of the molecule is CCc1cnccc1C(O)c1nccn1CC. The Morgan fingerprint density at radius 1 is 1.35 bits per heavy atom. The van der Waals surface area contributed by atoms with Gasteiger partial charge in [0.15, 0.2) is 0 Å². The van der Waals surface area contributed by atoms with E-state index in [0.717, 1.165) is 24.1 Å². The van der Waals surface area contributed by atoms with Crippen LogP contribution in [-0.4, -0.2) is 19.6 Å². The third-order valence-corrected chi connectivity index (χ3v) is 2.95. The van der Waals surface area contributed by atoms with E-state index in [1.54, 1.807) is 18.6 Å². The van der Waals surface area contributed by atoms with Crippen molar-refractivity contribution in [3.05, 3.63) is 47.8 Å². The molecule has 2 rings (SSSR count). The molecule has 4 nitrogen and oxygen atoms in total. The van der Waals surface area contributed by atoms with Crippen LogP contribution >= 0.6 is 0 Å². The van der Waals surface area contributed by atoms with Gasteiger partial charge in [0.05, 0.1) is 0 Å². The van der Waals surface area contributed by atoms with Crippen LogP contribution in [0, 0.1) is 0 Å². The Bertz CT molecular complexity index is 493. The molecule has 0 aliphatic heterocycles. The standard InChI is InChI=1S/C13H17N3O/c1-3-10-9-14-6-5-11(10)12(17)13-15-7-8-16(13)4-2/h5-9,12,17H,3-4H2,1-2H3. The van der Waals surface area contributed by atoms with Gasteiger partial charge in [0.2, 0.25) is 0 Å². The van der Waals surface area contributed by atoms with Crippen molar-refractivity contribution in [2.24, 2.45) is 0 Å². The minimum absolute atomic E-state index is 0.678. The van der Waals surface area contributed by atoms with E-state index in [4.69, 9.17) is 0 Å². The first kappa shape index (κ1) is 11.8. The highest BCUT2D eigenvalue weighted by Gasteiger charge is 2.18. The van der Waals surface area contributed by atoms with E-state index in [1.807, 2.05) is 23.8 Å². The highest BCUT2D eigenvalue weighted by Crippen LogP contribution is 2.23. The number of aryl methyl sites for hydroxylation is 2. The van der Waals surface area contributed by atoms with E-state index in [1.165, 1.54) is 0 Å². The van der Waals surface area contributed by atoms with E-state index in [2.05, 4.69) is 16.9 Å². The summed E-state index contributed by atoms with van der Waals surface area (Å²) in [6, 6.07) is 1.86. The number of imidazole rings is 1. The van der Waals surface area contributed by atoms with Gasteiger partial charge in [0, 0.05) is 31.3 Å². The first-order chi connectivity index (χ1) is 8.27. The molecule has 2 aromatic heterocycles. The minimum Gasteiger partial charge on any atom is -0.380 e. The number of rotatable bonds is 4. The van der Waals surface area contributed by atoms with Crippen molar-refractivity contribution in [1.82, 2.24) is 14.5 Å². The van der Waals surface area contributed by atoms with Crippen LogP contribution in [0.3, 0.4) is 0 Å². The van der Waals surface area contributed by atoms with Crippen molar-refractivity contribution < 1.29 is 5.11 Å². The molecule has 0 aromatic carbocycles. The lowest BCUT2D eigenvalue weighted by Crippen LogP contribution is -2.10. The highest BCUT2D eigenvalue weighted by molar-refractivity contribution is 5.29. The van der Waals surface area contributed by atoms with E-state index in [-0.39, 0.29) is 0 Å². The number of aliphatic hydroxyl groups excluding tert-OH is 1. The van der Waals surface area contributed by atoms with Gasteiger partial charge >= 0.3 is 0 Å². The lowest BCUT2D eigenvalue weighted by Gasteiger charge is -2.15. The monoisotopic (exact) mass is 231 g/mol. The second-order valence-electron chi connectivity index (χ2n) is 3.90. The number of aliphatic hydroxyl groups is 1. The Kier molecular flexibility index (Phi) is 3.54. The molecule has 17 heavy (non-hydrogen) atoms. The number of hydrogen-bond acceptors (Lipinski definition) is 3. The zero-order valence-electron chi connectivity index (χ0n) is 10.2. The summed E-state index contributed by atoms with van der Waals surface area (Å²) in [5.41, 5.74) is 1.95. The summed E-state index contributed by atoms with van der Waals surface area (Å²) >= 11 is 0. The maximum absolute atomic E-state index is 10.4. The molecular weight excluding hydrogens is 214 g/mol. The lowest BCUT2D eigenvalue weighted by molar-refractivity contribution is 0.203. The van der Waals surface area contributed by atoms with Gasteiger partial charge < -0.3 is 9.67 Å². The fourth-order valence-corrected chi connectivity index (χ4v) is 1.97. The average molecular weight is 231 g/mol. The van der Waals surface area contributed by atoms with Crippen molar-refractivity contribution in [2.45, 2.75) is 32.9 Å². The average Bonchev–Trinajstić information content (AvgIpc) is 2.86. The van der Waals surface area contributed by atoms with Gasteiger partial charge in [0.25, 0.3) is 0 Å². The zero-order chi connectivity index (χ0) is 12.3. The van der Waals surface area contributed by atoms with Crippen molar-refractivity contribution >= 4 is 0 Å². The second-order valence-corrected chi connectivity index (χ2v) is 3.90. The van der Waals surface area contributed by atoms with Gasteiger partial charge in [-0.25, -0.2) is 4.98 Å². The smallest absolute Gasteiger partial charge is 0.142 e. The maximum Gasteiger partial charge on any atom is 0.142 e. The van der Waals surface area contributed by atoms with Crippen LogP contribution in [0.2, 0.25) is 0 Å². The van der Waals surface area contributed by atoms with Crippen molar-refractivity contribution in [3.8, 4) is 0 Å². The number of nitrogens with zero attached hydrogens (tertiary/aromatic N) is 3. The van der Waals surface area contributed by atoms with Crippen LogP contribution in [0.5, 0.6) is 0 Å². The number of aromatic nitrogens is 3. The second kappa shape index (κ2) is 5.10. The molecule has 0 saturated heterocycles. The highest BCUT2D eigenvalue weighted by atomic mass is 16.3. The van der Waals surface area contributed by atoms with Crippen LogP contribution < -0.4 is 0 Å². The fraction of sp³-hybridized carbons (Fsp3) is 0.385. The van der Waals surface area contributed by atoms with Crippen LogP contribution in [-0.2, 0) is 13.0 Å². The van der Waals surface area contributed by atoms with Crippen LogP contribution in [0.1, 0.15) is 36.9 Å². The normalized spacial score (nSPS) is 12.6. The molecule has 0 fully saturated rings. The molecule has 90 valence electrons. The van der Waals surface area contributed by atoms with Crippen LogP contribution in [0.15, 0.2) is 30.9 Å². The van der Waals surface area contributed by atoms with Crippen molar-refractivity contribution in [3.63, 3.8) is 0 Å². The molecule has 1 N–H and O–H groups in total. The Balaban J connectivity index is 2.40. The molecule has 1 unspecified atom stereocenters. The Morgan fingerprint density at radius 2 is 2.18 bits per heavy atom. The third kappa shape index (κ3) is 2.22. The van der Waals surface area contributed by atoms with Gasteiger partial charge in [-0.2, -0.15) is 0 Å². The summed E-state index contributed by atoms with van der Waals surface area (Å²) in [4.78, 5) is 8.32. The first-order valence-corrected chi connectivity index (χ1v) is 5.89. The maximum atomic E-state index is 10.4. The zero-order valence-corrected chi connectivity index (χ0v) is 10.2. The molecule has 0 radical (unpaired) electrons. The van der Waals surface area contributed by atoms with Gasteiger partial charge in [-0.05, 0) is 30.5 Å². The van der Waals surface area contributed by atoms with Crippen LogP contribution in [0.4, 0.5) is 0 Å². The molecule has 0 aliphatic carbocycles. The predicted octanol–water partition coefficient (Wildman–Crippen LogP) is 1.94. The summed E-state index contributed by atoms with van der Waals surface area (Å²) in [5.74, 6) is 0.688. The number of hydrogen-bond donors (Lipinski definition) is 1. The summed E-state index contributed by atoms with van der Waals surface area (Å²) in [6.07, 6.45) is 7.28. The Morgan fingerprint density at radius 3 is 2.88 bits per heavy atom. The van der Waals surface area contributed by atoms with Crippen molar-refractivity contribution in [1.29, 1.82) is 0 Å².